The highest BCUT2D eigenvalue weighted by atomic mass is 16.1. The molecule has 3 aromatic rings. The Morgan fingerprint density at radius 1 is 0.625 bits per heavy atom. The van der Waals surface area contributed by atoms with Crippen molar-refractivity contribution < 1.29 is 9.59 Å². The smallest absolute Gasteiger partial charge is 0.224 e. The second-order valence-corrected chi connectivity index (χ2v) is 6.79. The van der Waals surface area contributed by atoms with Crippen LogP contribution in [0.2, 0.25) is 0 Å². The molecule has 0 unspecified atom stereocenters. The van der Waals surface area contributed by atoms with Crippen LogP contribution in [-0.4, -0.2) is 11.7 Å². The summed E-state index contributed by atoms with van der Waals surface area (Å²) in [6.45, 7) is 12.2. The fourth-order valence-corrected chi connectivity index (χ4v) is 2.63. The Morgan fingerprint density at radius 2 is 1.06 bits per heavy atom. The lowest BCUT2D eigenvalue weighted by Crippen LogP contribution is -2.24. The van der Waals surface area contributed by atoms with E-state index < -0.39 is 0 Å². The number of nitrogens with one attached hydrogen (secondary N) is 1. The number of hydrogen-bond donors (Lipinski definition) is 1. The number of Topliss-reactive ketones (excluding diaryl/α,β-unsaturated/α-hetero) is 1. The van der Waals surface area contributed by atoms with Gasteiger partial charge in [-0.05, 0) is 30.5 Å². The minimum absolute atomic E-state index is 0.0572. The first-order valence-electron chi connectivity index (χ1n) is 11.4. The number of benzene rings is 3. The lowest BCUT2D eigenvalue weighted by molar-refractivity contribution is -0.120. The molecule has 0 bridgehead atoms. The average Bonchev–Trinajstić information content (AvgIpc) is 2.83. The van der Waals surface area contributed by atoms with Crippen LogP contribution in [0.5, 0.6) is 0 Å². The summed E-state index contributed by atoms with van der Waals surface area (Å²) in [4.78, 5) is 22.4. The van der Waals surface area contributed by atoms with Crippen molar-refractivity contribution in [2.75, 3.05) is 0 Å². The summed E-state index contributed by atoms with van der Waals surface area (Å²) in [5.41, 5.74) is 4.49. The van der Waals surface area contributed by atoms with Gasteiger partial charge in [-0.25, -0.2) is 0 Å². The van der Waals surface area contributed by atoms with E-state index in [2.05, 4.69) is 24.4 Å². The van der Waals surface area contributed by atoms with Crippen molar-refractivity contribution in [3.8, 4) is 0 Å². The van der Waals surface area contributed by atoms with Gasteiger partial charge in [0.15, 0.2) is 0 Å². The van der Waals surface area contributed by atoms with Gasteiger partial charge in [0.2, 0.25) is 5.91 Å². The Labute approximate surface area is 194 Å². The molecule has 3 aromatic carbocycles. The monoisotopic (exact) mass is 433 g/mol. The van der Waals surface area contributed by atoms with Gasteiger partial charge < -0.3 is 5.32 Å². The largest absolute Gasteiger partial charge is 0.352 e. The van der Waals surface area contributed by atoms with E-state index in [1.807, 2.05) is 100 Å². The Kier molecular flexibility index (Phi) is 16.7. The maximum absolute atomic E-state index is 11.7. The minimum Gasteiger partial charge on any atom is -0.352 e. The highest BCUT2D eigenvalue weighted by Gasteiger charge is 2.02. The molecule has 0 heterocycles. The zero-order chi connectivity index (χ0) is 24.2. The number of carbonyl (C=O) groups excluding carboxylic acids is 2. The normalized spacial score (nSPS) is 8.94. The number of ketones is 1. The van der Waals surface area contributed by atoms with Crippen LogP contribution in [0.1, 0.15) is 56.9 Å². The third kappa shape index (κ3) is 13.9. The fourth-order valence-electron chi connectivity index (χ4n) is 2.63. The van der Waals surface area contributed by atoms with E-state index in [0.29, 0.717) is 19.4 Å². The summed E-state index contributed by atoms with van der Waals surface area (Å²) in [5, 5.41) is 2.93. The third-order valence-electron chi connectivity index (χ3n) is 4.11. The highest BCUT2D eigenvalue weighted by Crippen LogP contribution is 2.03. The van der Waals surface area contributed by atoms with Gasteiger partial charge in [0.05, 0.1) is 6.42 Å². The lowest BCUT2D eigenvalue weighted by Gasteiger charge is -2.05. The predicted octanol–water partition coefficient (Wildman–Crippen LogP) is 6.72. The van der Waals surface area contributed by atoms with E-state index in [9.17, 15) is 9.59 Å². The number of aryl methyl sites for hydroxylation is 1. The molecule has 3 heteroatoms. The lowest BCUT2D eigenvalue weighted by atomic mass is 10.1. The maximum atomic E-state index is 11.7. The molecule has 0 radical (unpaired) electrons. The van der Waals surface area contributed by atoms with Crippen molar-refractivity contribution in [1.82, 2.24) is 5.32 Å². The second kappa shape index (κ2) is 18.6. The molecule has 0 aliphatic rings. The molecule has 0 atom stereocenters. The first kappa shape index (κ1) is 28.8. The second-order valence-electron chi connectivity index (χ2n) is 6.79. The van der Waals surface area contributed by atoms with E-state index in [1.165, 1.54) is 5.56 Å². The quantitative estimate of drug-likeness (QED) is 0.469. The van der Waals surface area contributed by atoms with Gasteiger partial charge in [-0.2, -0.15) is 0 Å². The van der Waals surface area contributed by atoms with Gasteiger partial charge in [0.25, 0.3) is 0 Å². The van der Waals surface area contributed by atoms with Crippen molar-refractivity contribution in [2.45, 2.75) is 60.9 Å². The van der Waals surface area contributed by atoms with E-state index in [-0.39, 0.29) is 11.7 Å². The molecule has 1 amide bonds. The molecule has 3 nitrogen and oxygen atoms in total. The Balaban J connectivity index is 0.000000582. The van der Waals surface area contributed by atoms with Crippen molar-refractivity contribution in [2.24, 2.45) is 0 Å². The van der Waals surface area contributed by atoms with E-state index >= 15 is 0 Å². The van der Waals surface area contributed by atoms with Gasteiger partial charge >= 0.3 is 0 Å². The molecule has 172 valence electrons. The van der Waals surface area contributed by atoms with Gasteiger partial charge in [-0.15, -0.1) is 0 Å². The molecule has 0 spiro atoms. The number of hydrogen-bond acceptors (Lipinski definition) is 2. The molecule has 0 saturated carbocycles. The van der Waals surface area contributed by atoms with E-state index in [0.717, 1.165) is 16.7 Å². The Hall–Kier alpha value is -3.20. The third-order valence-corrected chi connectivity index (χ3v) is 4.11. The van der Waals surface area contributed by atoms with Crippen molar-refractivity contribution in [3.05, 3.63) is 107 Å². The SMILES string of the molecule is CC.CC.CC(=O)Cc1ccccc1.Cc1ccc(CNC(=O)Cc2ccccc2)cc1. The summed E-state index contributed by atoms with van der Waals surface area (Å²) in [6, 6.07) is 27.7. The molecule has 32 heavy (non-hydrogen) atoms. The Morgan fingerprint density at radius 3 is 1.50 bits per heavy atom. The molecule has 1 N–H and O–H groups in total. The van der Waals surface area contributed by atoms with Gasteiger partial charge in [-0.3, -0.25) is 9.59 Å². The first-order chi connectivity index (χ1) is 15.5. The van der Waals surface area contributed by atoms with Crippen LogP contribution in [-0.2, 0) is 29.0 Å². The molecular formula is C29H39NO2. The highest BCUT2D eigenvalue weighted by molar-refractivity contribution is 5.78. The van der Waals surface area contributed by atoms with Crippen LogP contribution >= 0.6 is 0 Å². The summed E-state index contributed by atoms with van der Waals surface area (Å²) in [5.74, 6) is 0.271. The topological polar surface area (TPSA) is 46.2 Å². The zero-order valence-corrected chi connectivity index (χ0v) is 20.5. The molecule has 0 aliphatic carbocycles. The molecule has 0 aromatic heterocycles. The average molecular weight is 434 g/mol. The number of carbonyl (C=O) groups is 2. The van der Waals surface area contributed by atoms with Crippen LogP contribution in [0, 0.1) is 6.92 Å². The molecule has 0 saturated heterocycles. The maximum Gasteiger partial charge on any atom is 0.224 e. The number of rotatable bonds is 6. The van der Waals surface area contributed by atoms with Crippen LogP contribution in [0.4, 0.5) is 0 Å². The van der Waals surface area contributed by atoms with Crippen LogP contribution in [0.3, 0.4) is 0 Å². The summed E-state index contributed by atoms with van der Waals surface area (Å²) < 4.78 is 0. The molecule has 0 fully saturated rings. The molecule has 3 rings (SSSR count). The van der Waals surface area contributed by atoms with Gasteiger partial charge in [0.1, 0.15) is 5.78 Å². The standard InChI is InChI=1S/C16H17NO.C9H10O.2C2H6/c1-13-7-9-15(10-8-13)12-17-16(18)11-14-5-3-2-4-6-14;1-8(10)7-9-5-3-2-4-6-9;2*1-2/h2-10H,11-12H2,1H3,(H,17,18);2-6H,7H2,1H3;2*1-2H3. The fraction of sp³-hybridized carbons (Fsp3) is 0.310. The van der Waals surface area contributed by atoms with Crippen molar-refractivity contribution in [3.63, 3.8) is 0 Å². The molecule has 0 aliphatic heterocycles. The summed E-state index contributed by atoms with van der Waals surface area (Å²) in [7, 11) is 0. The number of amides is 1. The zero-order valence-electron chi connectivity index (χ0n) is 20.5. The van der Waals surface area contributed by atoms with E-state index in [4.69, 9.17) is 0 Å². The molecular weight excluding hydrogens is 394 g/mol. The summed E-state index contributed by atoms with van der Waals surface area (Å²) >= 11 is 0. The van der Waals surface area contributed by atoms with Crippen molar-refractivity contribution >= 4 is 11.7 Å². The van der Waals surface area contributed by atoms with E-state index in [1.54, 1.807) is 6.92 Å². The first-order valence-corrected chi connectivity index (χ1v) is 11.4. The van der Waals surface area contributed by atoms with Gasteiger partial charge in [0, 0.05) is 13.0 Å². The predicted molar refractivity (Wildman–Crippen MR) is 137 cm³/mol. The van der Waals surface area contributed by atoms with Crippen LogP contribution in [0.25, 0.3) is 0 Å². The van der Waals surface area contributed by atoms with Crippen molar-refractivity contribution in [1.29, 1.82) is 0 Å². The minimum atomic E-state index is 0.0572. The van der Waals surface area contributed by atoms with Crippen LogP contribution in [0.15, 0.2) is 84.9 Å². The Bertz CT molecular complexity index is 857. The summed E-state index contributed by atoms with van der Waals surface area (Å²) in [6.07, 6.45) is 0.994. The van der Waals surface area contributed by atoms with Crippen LogP contribution < -0.4 is 5.32 Å². The van der Waals surface area contributed by atoms with Gasteiger partial charge in [-0.1, -0.05) is 118 Å².